The number of hydrogen-bond donors (Lipinski definition) is 2. The van der Waals surface area contributed by atoms with E-state index in [4.69, 9.17) is 10.2 Å². The minimum absolute atomic E-state index is 0.287. The van der Waals surface area contributed by atoms with Gasteiger partial charge in [0.15, 0.2) is 0 Å². The summed E-state index contributed by atoms with van der Waals surface area (Å²) < 4.78 is 0. The summed E-state index contributed by atoms with van der Waals surface area (Å²) in [5.41, 5.74) is 1.30. The van der Waals surface area contributed by atoms with E-state index in [9.17, 15) is 4.79 Å². The highest BCUT2D eigenvalue weighted by molar-refractivity contribution is 5.80. The van der Waals surface area contributed by atoms with Gasteiger partial charge in [-0.25, -0.2) is 4.79 Å². The van der Waals surface area contributed by atoms with Gasteiger partial charge in [0.2, 0.25) is 0 Å². The third-order valence-electron chi connectivity index (χ3n) is 2.01. The number of aliphatic hydroxyl groups is 1. The van der Waals surface area contributed by atoms with E-state index < -0.39 is 5.97 Å². The summed E-state index contributed by atoms with van der Waals surface area (Å²) in [5, 5.41) is 16.5. The molecule has 1 rings (SSSR count). The molecule has 18 heavy (non-hydrogen) atoms. The molecule has 0 aliphatic heterocycles. The molecule has 0 heterocycles. The Bertz CT molecular complexity index is 367. The molecule has 0 saturated carbocycles. The molecule has 0 fully saturated rings. The van der Waals surface area contributed by atoms with Crippen LogP contribution in [-0.4, -0.2) is 22.8 Å². The summed E-state index contributed by atoms with van der Waals surface area (Å²) in [6, 6.07) is 10.2. The molecule has 0 aromatic heterocycles. The van der Waals surface area contributed by atoms with E-state index in [1.807, 2.05) is 25.1 Å². The van der Waals surface area contributed by atoms with Crippen molar-refractivity contribution in [3.8, 4) is 0 Å². The van der Waals surface area contributed by atoms with E-state index in [1.54, 1.807) is 12.2 Å². The number of aryl methyl sites for hydroxylation is 1. The molecular weight excluding hydrogens is 228 g/mol. The molecule has 0 saturated heterocycles. The first-order chi connectivity index (χ1) is 8.70. The highest BCUT2D eigenvalue weighted by atomic mass is 16.4. The fourth-order valence-corrected chi connectivity index (χ4v) is 1.18. The minimum Gasteiger partial charge on any atom is -0.478 e. The molecule has 3 heteroatoms. The Morgan fingerprint density at radius 1 is 1.22 bits per heavy atom. The lowest BCUT2D eigenvalue weighted by molar-refractivity contribution is -0.131. The van der Waals surface area contributed by atoms with E-state index in [2.05, 4.69) is 12.1 Å². The number of hydrogen-bond acceptors (Lipinski definition) is 2. The number of aliphatic hydroxyl groups excluding tert-OH is 1. The molecule has 2 N–H and O–H groups in total. The zero-order chi connectivity index (χ0) is 13.6. The van der Waals surface area contributed by atoms with Crippen LogP contribution in [0.5, 0.6) is 0 Å². The standard InChI is InChI=1S/C9H12O.C6H8O2/c10-8-4-7-9-5-2-1-3-6-9;1-2-3-4-5-6(7)8/h1-3,5-6,10H,4,7-8H2;2-5H,1H3,(H,7,8)/b;3-2+,5-4+. The van der Waals surface area contributed by atoms with Crippen LogP contribution in [0.3, 0.4) is 0 Å². The maximum atomic E-state index is 9.75. The minimum atomic E-state index is -0.914. The lowest BCUT2D eigenvalue weighted by Crippen LogP contribution is -1.87. The fraction of sp³-hybridized carbons (Fsp3) is 0.267. The molecule has 3 nitrogen and oxygen atoms in total. The zero-order valence-electron chi connectivity index (χ0n) is 10.6. The Balaban J connectivity index is 0.000000331. The van der Waals surface area contributed by atoms with Crippen LogP contribution in [0.15, 0.2) is 54.6 Å². The molecule has 0 bridgehead atoms. The maximum Gasteiger partial charge on any atom is 0.328 e. The predicted octanol–water partition coefficient (Wildman–Crippen LogP) is 2.81. The van der Waals surface area contributed by atoms with Crippen molar-refractivity contribution in [1.82, 2.24) is 0 Å². The van der Waals surface area contributed by atoms with Gasteiger partial charge in [0.05, 0.1) is 0 Å². The number of allylic oxidation sites excluding steroid dienone is 3. The number of carboxylic acid groups (broad SMARTS) is 1. The van der Waals surface area contributed by atoms with Gasteiger partial charge in [0.25, 0.3) is 0 Å². The first-order valence-corrected chi connectivity index (χ1v) is 5.87. The average molecular weight is 248 g/mol. The second-order valence-corrected chi connectivity index (χ2v) is 3.54. The van der Waals surface area contributed by atoms with Crippen molar-refractivity contribution in [2.75, 3.05) is 6.61 Å². The average Bonchev–Trinajstić information content (AvgIpc) is 2.38. The summed E-state index contributed by atoms with van der Waals surface area (Å²) >= 11 is 0. The molecule has 0 amide bonds. The van der Waals surface area contributed by atoms with Crippen LogP contribution in [0, 0.1) is 0 Å². The van der Waals surface area contributed by atoms with Crippen molar-refractivity contribution in [2.24, 2.45) is 0 Å². The molecule has 1 aromatic carbocycles. The third-order valence-corrected chi connectivity index (χ3v) is 2.01. The topological polar surface area (TPSA) is 57.5 Å². The van der Waals surface area contributed by atoms with E-state index in [-0.39, 0.29) is 6.61 Å². The van der Waals surface area contributed by atoms with Crippen LogP contribution < -0.4 is 0 Å². The van der Waals surface area contributed by atoms with Crippen LogP contribution in [0.1, 0.15) is 18.9 Å². The maximum absolute atomic E-state index is 9.75. The Kier molecular flexibility index (Phi) is 10.4. The number of benzene rings is 1. The van der Waals surface area contributed by atoms with Crippen LogP contribution >= 0.6 is 0 Å². The number of aliphatic carboxylic acids is 1. The summed E-state index contributed by atoms with van der Waals surface area (Å²) in [6.45, 7) is 2.11. The van der Waals surface area contributed by atoms with Gasteiger partial charge in [0, 0.05) is 12.7 Å². The van der Waals surface area contributed by atoms with Crippen LogP contribution in [0.2, 0.25) is 0 Å². The largest absolute Gasteiger partial charge is 0.478 e. The lowest BCUT2D eigenvalue weighted by atomic mass is 10.1. The molecule has 0 aliphatic carbocycles. The molecule has 1 aromatic rings. The van der Waals surface area contributed by atoms with Gasteiger partial charge in [-0.3, -0.25) is 0 Å². The first kappa shape index (κ1) is 16.1. The van der Waals surface area contributed by atoms with E-state index in [0.717, 1.165) is 18.9 Å². The van der Waals surface area contributed by atoms with Crippen LogP contribution in [0.4, 0.5) is 0 Å². The van der Waals surface area contributed by atoms with Gasteiger partial charge in [-0.15, -0.1) is 0 Å². The van der Waals surface area contributed by atoms with Crippen molar-refractivity contribution < 1.29 is 15.0 Å². The van der Waals surface area contributed by atoms with Gasteiger partial charge < -0.3 is 10.2 Å². The SMILES string of the molecule is C/C=C/C=C/C(=O)O.OCCCc1ccccc1. The van der Waals surface area contributed by atoms with Gasteiger partial charge in [-0.2, -0.15) is 0 Å². The zero-order valence-corrected chi connectivity index (χ0v) is 10.6. The second-order valence-electron chi connectivity index (χ2n) is 3.54. The highest BCUT2D eigenvalue weighted by Gasteiger charge is 1.88. The monoisotopic (exact) mass is 248 g/mol. The Morgan fingerprint density at radius 2 is 1.89 bits per heavy atom. The Hall–Kier alpha value is -1.87. The second kappa shape index (κ2) is 11.6. The van der Waals surface area contributed by atoms with Crippen molar-refractivity contribution in [3.63, 3.8) is 0 Å². The van der Waals surface area contributed by atoms with Gasteiger partial charge in [-0.1, -0.05) is 48.6 Å². The number of carbonyl (C=O) groups is 1. The van der Waals surface area contributed by atoms with Gasteiger partial charge in [-0.05, 0) is 25.3 Å². The van der Waals surface area contributed by atoms with Gasteiger partial charge in [0.1, 0.15) is 0 Å². The highest BCUT2D eigenvalue weighted by Crippen LogP contribution is 2.00. The molecule has 0 spiro atoms. The van der Waals surface area contributed by atoms with Crippen LogP contribution in [-0.2, 0) is 11.2 Å². The van der Waals surface area contributed by atoms with E-state index in [1.165, 1.54) is 11.6 Å². The number of carboxylic acids is 1. The van der Waals surface area contributed by atoms with Crippen molar-refractivity contribution >= 4 is 5.97 Å². The fourth-order valence-electron chi connectivity index (χ4n) is 1.18. The first-order valence-electron chi connectivity index (χ1n) is 5.87. The summed E-state index contributed by atoms with van der Waals surface area (Å²) in [4.78, 5) is 9.75. The molecule has 0 atom stereocenters. The smallest absolute Gasteiger partial charge is 0.328 e. The van der Waals surface area contributed by atoms with Crippen molar-refractivity contribution in [1.29, 1.82) is 0 Å². The quantitative estimate of drug-likeness (QED) is 0.622. The lowest BCUT2D eigenvalue weighted by Gasteiger charge is -1.96. The molecule has 98 valence electrons. The van der Waals surface area contributed by atoms with Crippen molar-refractivity contribution in [2.45, 2.75) is 19.8 Å². The predicted molar refractivity (Wildman–Crippen MR) is 73.4 cm³/mol. The molecule has 0 aliphatic rings. The Morgan fingerprint density at radius 3 is 2.39 bits per heavy atom. The van der Waals surface area contributed by atoms with Gasteiger partial charge >= 0.3 is 5.97 Å². The van der Waals surface area contributed by atoms with Crippen LogP contribution in [0.25, 0.3) is 0 Å². The Labute approximate surface area is 108 Å². The molecular formula is C15H20O3. The summed E-state index contributed by atoms with van der Waals surface area (Å²) in [6.07, 6.45) is 7.83. The van der Waals surface area contributed by atoms with E-state index in [0.29, 0.717) is 0 Å². The summed E-state index contributed by atoms with van der Waals surface area (Å²) in [5.74, 6) is -0.914. The van der Waals surface area contributed by atoms with E-state index >= 15 is 0 Å². The molecule has 0 radical (unpaired) electrons. The normalized spacial score (nSPS) is 10.3. The summed E-state index contributed by atoms with van der Waals surface area (Å²) in [7, 11) is 0. The third kappa shape index (κ3) is 10.6. The van der Waals surface area contributed by atoms with Crippen molar-refractivity contribution in [3.05, 3.63) is 60.2 Å². The molecule has 0 unspecified atom stereocenters. The number of rotatable bonds is 5.